The fourth-order valence-electron chi connectivity index (χ4n) is 4.61. The summed E-state index contributed by atoms with van der Waals surface area (Å²) in [5, 5.41) is 0. The minimum Gasteiger partial charge on any atom is -0.467 e. The lowest BCUT2D eigenvalue weighted by molar-refractivity contribution is -0.203. The highest BCUT2D eigenvalue weighted by Gasteiger charge is 2.78. The zero-order valence-corrected chi connectivity index (χ0v) is 16.3. The summed E-state index contributed by atoms with van der Waals surface area (Å²) in [6.07, 6.45) is 4.19. The summed E-state index contributed by atoms with van der Waals surface area (Å²) in [5.41, 5.74) is -2.24. The second-order valence-electron chi connectivity index (χ2n) is 7.64. The Morgan fingerprint density at radius 3 is 2.69 bits per heavy atom. The molecular formula is C19H31NO6. The molecule has 0 bridgehead atoms. The maximum atomic E-state index is 13.3. The van der Waals surface area contributed by atoms with Crippen molar-refractivity contribution >= 4 is 11.9 Å². The van der Waals surface area contributed by atoms with Gasteiger partial charge in [0.2, 0.25) is 5.91 Å². The Hall–Kier alpha value is -1.18. The number of rotatable bonds is 8. The lowest BCUT2D eigenvalue weighted by Gasteiger charge is -2.39. The lowest BCUT2D eigenvalue weighted by Crippen LogP contribution is -2.64. The van der Waals surface area contributed by atoms with Gasteiger partial charge in [-0.2, -0.15) is 0 Å². The Bertz CT molecular complexity index is 554. The molecule has 0 N–H and O–H groups in total. The van der Waals surface area contributed by atoms with Crippen LogP contribution in [0.1, 0.15) is 59.3 Å². The summed E-state index contributed by atoms with van der Waals surface area (Å²) in [7, 11) is 1.35. The van der Waals surface area contributed by atoms with Crippen LogP contribution in [0.2, 0.25) is 0 Å². The van der Waals surface area contributed by atoms with Crippen LogP contribution in [0.15, 0.2) is 0 Å². The number of carbonyl (C=O) groups is 2. The number of nitrogens with zero attached hydrogens (tertiary/aromatic N) is 1. The number of hydrogen-bond acceptors (Lipinski definition) is 6. The van der Waals surface area contributed by atoms with E-state index < -0.39 is 35.5 Å². The standard InChI is InChI=1S/C19H31NO6/c1-5-7-9-14-20-16(21)13-11-15(24-10-8-6-2)26-18(13,3)19(20,12-25-14)17(22)23-4/h13-15H,5-12H2,1-4H3/t13-,14-,15?,18-,19+/m0/s1. The second kappa shape index (κ2) is 7.44. The molecule has 5 atom stereocenters. The molecule has 0 saturated carbocycles. The molecule has 3 aliphatic heterocycles. The Morgan fingerprint density at radius 1 is 1.31 bits per heavy atom. The fourth-order valence-corrected chi connectivity index (χ4v) is 4.61. The highest BCUT2D eigenvalue weighted by molar-refractivity contribution is 5.97. The Balaban J connectivity index is 1.88. The molecule has 7 nitrogen and oxygen atoms in total. The van der Waals surface area contributed by atoms with E-state index in [0.29, 0.717) is 19.4 Å². The molecular weight excluding hydrogens is 338 g/mol. The number of carbonyl (C=O) groups excluding carboxylic acids is 2. The SMILES string of the molecule is CCCCOC1C[C@H]2C(=O)N3[C@H](CCCC)OC[C@@]3(C(=O)OC)[C@@]2(C)O1. The lowest BCUT2D eigenvalue weighted by atomic mass is 9.77. The minimum atomic E-state index is -1.23. The average molecular weight is 369 g/mol. The zero-order valence-electron chi connectivity index (χ0n) is 16.3. The maximum absolute atomic E-state index is 13.3. The van der Waals surface area contributed by atoms with E-state index in [-0.39, 0.29) is 12.5 Å². The van der Waals surface area contributed by atoms with Crippen LogP contribution in [0.5, 0.6) is 0 Å². The van der Waals surface area contributed by atoms with Gasteiger partial charge in [0.05, 0.1) is 19.6 Å². The zero-order chi connectivity index (χ0) is 18.9. The van der Waals surface area contributed by atoms with Crippen molar-refractivity contribution in [2.45, 2.75) is 83.0 Å². The highest BCUT2D eigenvalue weighted by atomic mass is 16.7. The molecule has 148 valence electrons. The molecule has 0 radical (unpaired) electrons. The number of fused-ring (bicyclic) bond motifs is 3. The van der Waals surface area contributed by atoms with Crippen molar-refractivity contribution in [3.8, 4) is 0 Å². The fraction of sp³-hybridized carbons (Fsp3) is 0.895. The van der Waals surface area contributed by atoms with Gasteiger partial charge in [0.1, 0.15) is 11.8 Å². The minimum absolute atomic E-state index is 0.0851. The van der Waals surface area contributed by atoms with Gasteiger partial charge in [-0.25, -0.2) is 4.79 Å². The van der Waals surface area contributed by atoms with Crippen LogP contribution in [-0.4, -0.2) is 60.8 Å². The van der Waals surface area contributed by atoms with Crippen molar-refractivity contribution in [2.75, 3.05) is 20.3 Å². The molecule has 7 heteroatoms. The van der Waals surface area contributed by atoms with E-state index in [1.165, 1.54) is 7.11 Å². The summed E-state index contributed by atoms with van der Waals surface area (Å²) in [6.45, 7) is 6.71. The molecule has 0 aromatic heterocycles. The third kappa shape index (κ3) is 2.67. The van der Waals surface area contributed by atoms with Gasteiger partial charge in [0.15, 0.2) is 11.8 Å². The first-order valence-electron chi connectivity index (χ1n) is 9.78. The average Bonchev–Trinajstić information content (AvgIpc) is 3.23. The van der Waals surface area contributed by atoms with E-state index >= 15 is 0 Å². The van der Waals surface area contributed by atoms with Gasteiger partial charge in [0.25, 0.3) is 0 Å². The van der Waals surface area contributed by atoms with Crippen LogP contribution in [0.4, 0.5) is 0 Å². The number of unbranched alkanes of at least 4 members (excludes halogenated alkanes) is 2. The van der Waals surface area contributed by atoms with Crippen molar-refractivity contribution in [1.82, 2.24) is 4.90 Å². The summed E-state index contributed by atoms with van der Waals surface area (Å²) < 4.78 is 23.0. The number of hydrogen-bond donors (Lipinski definition) is 0. The van der Waals surface area contributed by atoms with Crippen LogP contribution < -0.4 is 0 Å². The van der Waals surface area contributed by atoms with Gasteiger partial charge in [0, 0.05) is 13.0 Å². The molecule has 0 spiro atoms. The van der Waals surface area contributed by atoms with E-state index in [1.807, 2.05) is 6.92 Å². The highest BCUT2D eigenvalue weighted by Crippen LogP contribution is 2.56. The van der Waals surface area contributed by atoms with Crippen LogP contribution in [0, 0.1) is 5.92 Å². The van der Waals surface area contributed by atoms with Crippen molar-refractivity contribution in [2.24, 2.45) is 5.92 Å². The molecule has 1 amide bonds. The molecule has 3 fully saturated rings. The summed E-state index contributed by atoms with van der Waals surface area (Å²) >= 11 is 0. The maximum Gasteiger partial charge on any atom is 0.337 e. The molecule has 26 heavy (non-hydrogen) atoms. The first-order chi connectivity index (χ1) is 12.5. The number of esters is 1. The molecule has 3 saturated heterocycles. The van der Waals surface area contributed by atoms with Crippen LogP contribution >= 0.6 is 0 Å². The predicted octanol–water partition coefficient (Wildman–Crippen LogP) is 2.22. The topological polar surface area (TPSA) is 74.3 Å². The van der Waals surface area contributed by atoms with Gasteiger partial charge in [-0.15, -0.1) is 0 Å². The Labute approximate surface area is 155 Å². The third-order valence-corrected chi connectivity index (χ3v) is 6.14. The molecule has 1 unspecified atom stereocenters. The first-order valence-corrected chi connectivity index (χ1v) is 9.78. The molecule has 3 heterocycles. The summed E-state index contributed by atoms with van der Waals surface area (Å²) in [4.78, 5) is 27.7. The van der Waals surface area contributed by atoms with E-state index in [4.69, 9.17) is 18.9 Å². The van der Waals surface area contributed by atoms with Crippen molar-refractivity contribution < 1.29 is 28.5 Å². The molecule has 0 aromatic rings. The molecule has 3 rings (SSSR count). The van der Waals surface area contributed by atoms with Gasteiger partial charge in [-0.1, -0.05) is 26.7 Å². The first kappa shape index (κ1) is 19.6. The Morgan fingerprint density at radius 2 is 2.04 bits per heavy atom. The quantitative estimate of drug-likeness (QED) is 0.482. The van der Waals surface area contributed by atoms with Gasteiger partial charge < -0.3 is 18.9 Å². The molecule has 0 aromatic carbocycles. The summed E-state index contributed by atoms with van der Waals surface area (Å²) in [5.74, 6) is -0.969. The van der Waals surface area contributed by atoms with Crippen LogP contribution in [0.3, 0.4) is 0 Å². The normalized spacial score (nSPS) is 38.5. The second-order valence-corrected chi connectivity index (χ2v) is 7.64. The number of amides is 1. The largest absolute Gasteiger partial charge is 0.467 e. The molecule has 3 aliphatic rings. The summed E-state index contributed by atoms with van der Waals surface area (Å²) in [6, 6.07) is 0. The van der Waals surface area contributed by atoms with Gasteiger partial charge in [-0.05, 0) is 26.2 Å². The Kier molecular flexibility index (Phi) is 5.61. The van der Waals surface area contributed by atoms with Crippen molar-refractivity contribution in [1.29, 1.82) is 0 Å². The third-order valence-electron chi connectivity index (χ3n) is 6.14. The van der Waals surface area contributed by atoms with E-state index in [9.17, 15) is 9.59 Å². The van der Waals surface area contributed by atoms with E-state index in [0.717, 1.165) is 25.7 Å². The monoisotopic (exact) mass is 369 g/mol. The van der Waals surface area contributed by atoms with Crippen LogP contribution in [-0.2, 0) is 28.5 Å². The van der Waals surface area contributed by atoms with E-state index in [1.54, 1.807) is 4.90 Å². The van der Waals surface area contributed by atoms with Gasteiger partial charge in [-0.3, -0.25) is 9.69 Å². The van der Waals surface area contributed by atoms with Crippen LogP contribution in [0.25, 0.3) is 0 Å². The van der Waals surface area contributed by atoms with Gasteiger partial charge >= 0.3 is 5.97 Å². The predicted molar refractivity (Wildman–Crippen MR) is 93.1 cm³/mol. The number of ether oxygens (including phenoxy) is 4. The number of methoxy groups -OCH3 is 1. The van der Waals surface area contributed by atoms with Crippen molar-refractivity contribution in [3.63, 3.8) is 0 Å². The molecule has 0 aliphatic carbocycles. The smallest absolute Gasteiger partial charge is 0.337 e. The van der Waals surface area contributed by atoms with Crippen molar-refractivity contribution in [3.05, 3.63) is 0 Å². The van der Waals surface area contributed by atoms with E-state index in [2.05, 4.69) is 13.8 Å².